The zero-order chi connectivity index (χ0) is 13.9. The number of carboxylic acids is 1. The van der Waals surface area contributed by atoms with Gasteiger partial charge < -0.3 is 14.6 Å². The first-order valence-electron chi connectivity index (χ1n) is 5.74. The Kier molecular flexibility index (Phi) is 4.18. The number of hydrogen-bond acceptors (Lipinski definition) is 5. The molecule has 0 aliphatic carbocycles. The lowest BCUT2D eigenvalue weighted by Gasteiger charge is -2.25. The van der Waals surface area contributed by atoms with Crippen LogP contribution in [-0.4, -0.2) is 51.2 Å². The average Bonchev–Trinajstić information content (AvgIpc) is 2.32. The van der Waals surface area contributed by atoms with Gasteiger partial charge in [0.15, 0.2) is 9.84 Å². The van der Waals surface area contributed by atoms with E-state index in [1.807, 2.05) is 0 Å². The highest BCUT2D eigenvalue weighted by atomic mass is 32.2. The number of carbonyl (C=O) groups is 1. The summed E-state index contributed by atoms with van der Waals surface area (Å²) in [4.78, 5) is 10.8. The highest BCUT2D eigenvalue weighted by Crippen LogP contribution is 2.14. The van der Waals surface area contributed by atoms with Crippen molar-refractivity contribution in [2.45, 2.75) is 11.0 Å². The Morgan fingerprint density at radius 2 is 2.16 bits per heavy atom. The van der Waals surface area contributed by atoms with Crippen LogP contribution in [0.2, 0.25) is 0 Å². The van der Waals surface area contributed by atoms with E-state index >= 15 is 0 Å². The minimum Gasteiger partial charge on any atom is -0.478 e. The number of sulfone groups is 1. The normalized spacial score (nSPS) is 16.0. The molecule has 1 aromatic rings. The third-order valence-corrected chi connectivity index (χ3v) is 4.43. The minimum atomic E-state index is -3.53. The van der Waals surface area contributed by atoms with Gasteiger partial charge in [-0.05, 0) is 18.2 Å². The maximum Gasteiger partial charge on any atom is 0.335 e. The molecule has 0 aromatic heterocycles. The Balaban J connectivity index is 2.01. The molecule has 1 heterocycles. The lowest BCUT2D eigenvalue weighted by atomic mass is 10.2. The van der Waals surface area contributed by atoms with E-state index in [0.29, 0.717) is 13.2 Å². The quantitative estimate of drug-likeness (QED) is 0.822. The van der Waals surface area contributed by atoms with Gasteiger partial charge in [-0.3, -0.25) is 0 Å². The van der Waals surface area contributed by atoms with E-state index in [0.717, 1.165) is 6.07 Å². The number of rotatable bonds is 6. The second-order valence-electron chi connectivity index (χ2n) is 4.18. The molecular formula is C12H14O6S. The average molecular weight is 286 g/mol. The van der Waals surface area contributed by atoms with Gasteiger partial charge in [-0.1, -0.05) is 6.07 Å². The first-order chi connectivity index (χ1) is 8.99. The zero-order valence-corrected chi connectivity index (χ0v) is 10.9. The third-order valence-electron chi connectivity index (χ3n) is 2.75. The van der Waals surface area contributed by atoms with Gasteiger partial charge in [0.1, 0.15) is 6.10 Å². The number of ether oxygens (including phenoxy) is 2. The molecule has 1 N–H and O–H groups in total. The molecule has 7 heteroatoms. The largest absolute Gasteiger partial charge is 0.478 e. The molecule has 1 fully saturated rings. The summed E-state index contributed by atoms with van der Waals surface area (Å²) in [5.41, 5.74) is -0.0469. The van der Waals surface area contributed by atoms with Crippen molar-refractivity contribution in [3.05, 3.63) is 29.8 Å². The molecule has 0 radical (unpaired) electrons. The van der Waals surface area contributed by atoms with E-state index in [-0.39, 0.29) is 28.9 Å². The van der Waals surface area contributed by atoms with Crippen LogP contribution in [0.4, 0.5) is 0 Å². The lowest BCUT2D eigenvalue weighted by Crippen LogP contribution is -2.37. The molecule has 1 aliphatic heterocycles. The van der Waals surface area contributed by atoms with Gasteiger partial charge in [-0.15, -0.1) is 0 Å². The van der Waals surface area contributed by atoms with E-state index in [1.54, 1.807) is 0 Å². The third kappa shape index (κ3) is 3.52. The predicted molar refractivity (Wildman–Crippen MR) is 66.0 cm³/mol. The lowest BCUT2D eigenvalue weighted by molar-refractivity contribution is -0.126. The molecule has 6 nitrogen and oxygen atoms in total. The second kappa shape index (κ2) is 5.68. The number of hydrogen-bond donors (Lipinski definition) is 1. The van der Waals surface area contributed by atoms with Crippen molar-refractivity contribution < 1.29 is 27.8 Å². The smallest absolute Gasteiger partial charge is 0.335 e. The van der Waals surface area contributed by atoms with Gasteiger partial charge in [0, 0.05) is 0 Å². The molecule has 1 aliphatic rings. The summed E-state index contributed by atoms with van der Waals surface area (Å²) in [5.74, 6) is -1.33. The van der Waals surface area contributed by atoms with Gasteiger partial charge >= 0.3 is 5.97 Å². The Labute approximate surface area is 110 Å². The van der Waals surface area contributed by atoms with E-state index in [1.165, 1.54) is 18.2 Å². The fourth-order valence-corrected chi connectivity index (χ4v) is 2.72. The summed E-state index contributed by atoms with van der Waals surface area (Å²) < 4.78 is 34.2. The van der Waals surface area contributed by atoms with Crippen LogP contribution in [0.3, 0.4) is 0 Å². The predicted octanol–water partition coefficient (Wildman–Crippen LogP) is 0.574. The molecular weight excluding hydrogens is 272 g/mol. The molecule has 1 saturated heterocycles. The topological polar surface area (TPSA) is 89.9 Å². The van der Waals surface area contributed by atoms with Crippen molar-refractivity contribution in [1.82, 2.24) is 0 Å². The van der Waals surface area contributed by atoms with Crippen LogP contribution in [0, 0.1) is 0 Å². The highest BCUT2D eigenvalue weighted by Gasteiger charge is 2.21. The minimum absolute atomic E-state index is 0.000796. The van der Waals surface area contributed by atoms with Gasteiger partial charge in [0.25, 0.3) is 0 Å². The van der Waals surface area contributed by atoms with Crippen LogP contribution >= 0.6 is 0 Å². The zero-order valence-electron chi connectivity index (χ0n) is 10.1. The van der Waals surface area contributed by atoms with Crippen molar-refractivity contribution in [3.8, 4) is 0 Å². The number of aromatic carboxylic acids is 1. The molecule has 104 valence electrons. The monoisotopic (exact) mass is 286 g/mol. The SMILES string of the molecule is O=C(O)c1cccc(S(=O)(=O)CCOC2COC2)c1. The molecule has 0 spiro atoms. The fraction of sp³-hybridized carbons (Fsp3) is 0.417. The molecule has 0 atom stereocenters. The van der Waals surface area contributed by atoms with Crippen LogP contribution < -0.4 is 0 Å². The summed E-state index contributed by atoms with van der Waals surface area (Å²) in [5, 5.41) is 8.83. The van der Waals surface area contributed by atoms with Crippen molar-refractivity contribution in [1.29, 1.82) is 0 Å². The van der Waals surface area contributed by atoms with Crippen molar-refractivity contribution in [3.63, 3.8) is 0 Å². The summed E-state index contributed by atoms with van der Waals surface area (Å²) in [6, 6.07) is 5.30. The van der Waals surface area contributed by atoms with E-state index in [9.17, 15) is 13.2 Å². The van der Waals surface area contributed by atoms with E-state index in [4.69, 9.17) is 14.6 Å². The van der Waals surface area contributed by atoms with Crippen LogP contribution in [0.15, 0.2) is 29.2 Å². The summed E-state index contributed by atoms with van der Waals surface area (Å²) in [6.07, 6.45) is -0.0273. The van der Waals surface area contributed by atoms with Crippen LogP contribution in [0.1, 0.15) is 10.4 Å². The molecule has 1 aromatic carbocycles. The summed E-state index contributed by atoms with van der Waals surface area (Å²) in [7, 11) is -3.53. The van der Waals surface area contributed by atoms with Crippen LogP contribution in [0.5, 0.6) is 0 Å². The van der Waals surface area contributed by atoms with Gasteiger partial charge in [0.05, 0.1) is 36.0 Å². The number of benzene rings is 1. The Morgan fingerprint density at radius 1 is 1.42 bits per heavy atom. The summed E-state index contributed by atoms with van der Waals surface area (Å²) >= 11 is 0. The second-order valence-corrected chi connectivity index (χ2v) is 6.29. The first-order valence-corrected chi connectivity index (χ1v) is 7.40. The van der Waals surface area contributed by atoms with Crippen LogP contribution in [0.25, 0.3) is 0 Å². The number of carboxylic acid groups (broad SMARTS) is 1. The molecule has 0 saturated carbocycles. The molecule has 2 rings (SSSR count). The fourth-order valence-electron chi connectivity index (χ4n) is 1.58. The molecule has 0 unspecified atom stereocenters. The van der Waals surface area contributed by atoms with Crippen molar-refractivity contribution in [2.24, 2.45) is 0 Å². The standard InChI is InChI=1S/C12H14O6S/c13-12(14)9-2-1-3-11(6-9)19(15,16)5-4-18-10-7-17-8-10/h1-3,6,10H,4-5,7-8H2,(H,13,14). The van der Waals surface area contributed by atoms with Crippen LogP contribution in [-0.2, 0) is 19.3 Å². The highest BCUT2D eigenvalue weighted by molar-refractivity contribution is 7.91. The van der Waals surface area contributed by atoms with Crippen molar-refractivity contribution in [2.75, 3.05) is 25.6 Å². The van der Waals surface area contributed by atoms with Gasteiger partial charge in [0.2, 0.25) is 0 Å². The first kappa shape index (κ1) is 14.0. The molecule has 0 amide bonds. The van der Waals surface area contributed by atoms with Crippen molar-refractivity contribution >= 4 is 15.8 Å². The molecule has 19 heavy (non-hydrogen) atoms. The Hall–Kier alpha value is -1.44. The molecule has 0 bridgehead atoms. The van der Waals surface area contributed by atoms with Gasteiger partial charge in [-0.25, -0.2) is 13.2 Å². The summed E-state index contributed by atoms with van der Waals surface area (Å²) in [6.45, 7) is 1.07. The maximum atomic E-state index is 12.0. The Morgan fingerprint density at radius 3 is 2.74 bits per heavy atom. The maximum absolute atomic E-state index is 12.0. The van der Waals surface area contributed by atoms with Gasteiger partial charge in [-0.2, -0.15) is 0 Å². The Bertz CT molecular complexity index is 561. The van der Waals surface area contributed by atoms with E-state index < -0.39 is 15.8 Å². The van der Waals surface area contributed by atoms with E-state index in [2.05, 4.69) is 0 Å².